The van der Waals surface area contributed by atoms with Crippen molar-refractivity contribution in [3.63, 3.8) is 0 Å². The van der Waals surface area contributed by atoms with E-state index >= 15 is 0 Å². The maximum atomic E-state index is 11.9. The largest absolute Gasteiger partial charge is 0.480 e. The van der Waals surface area contributed by atoms with Crippen molar-refractivity contribution in [1.29, 1.82) is 5.26 Å². The molecule has 0 amide bonds. The summed E-state index contributed by atoms with van der Waals surface area (Å²) in [4.78, 5) is 10.9. The van der Waals surface area contributed by atoms with Crippen molar-refractivity contribution in [2.75, 3.05) is 12.3 Å². The normalized spacial score (nSPS) is 21.2. The third-order valence-corrected chi connectivity index (χ3v) is 4.74. The van der Waals surface area contributed by atoms with Crippen LogP contribution in [0.4, 0.5) is 0 Å². The van der Waals surface area contributed by atoms with Gasteiger partial charge in [-0.25, -0.2) is 8.42 Å². The van der Waals surface area contributed by atoms with Gasteiger partial charge in [-0.05, 0) is 25.7 Å². The van der Waals surface area contributed by atoms with E-state index in [9.17, 15) is 13.2 Å². The minimum atomic E-state index is -3.49. The lowest BCUT2D eigenvalue weighted by Gasteiger charge is -2.20. The standard InChI is InChI=1S/C10H16N2O4S/c11-6-2-1-3-8-17(15,16)12-7-4-5-9(12)10(13)14/h9H,1-5,7-8H2,(H,13,14)/t9-/m0/s1. The lowest BCUT2D eigenvalue weighted by atomic mass is 10.2. The van der Waals surface area contributed by atoms with E-state index in [0.717, 1.165) is 4.31 Å². The molecule has 0 saturated carbocycles. The van der Waals surface area contributed by atoms with Gasteiger partial charge in [-0.2, -0.15) is 9.57 Å². The van der Waals surface area contributed by atoms with E-state index in [0.29, 0.717) is 32.1 Å². The molecular formula is C10H16N2O4S. The van der Waals surface area contributed by atoms with Crippen molar-refractivity contribution in [2.45, 2.75) is 38.1 Å². The molecule has 0 aromatic heterocycles. The van der Waals surface area contributed by atoms with Gasteiger partial charge in [-0.1, -0.05) is 0 Å². The van der Waals surface area contributed by atoms with Crippen LogP contribution in [0.25, 0.3) is 0 Å². The number of carboxylic acids is 1. The molecule has 0 spiro atoms. The Balaban J connectivity index is 2.58. The predicted octanol–water partition coefficient (Wildman–Crippen LogP) is 0.559. The lowest BCUT2D eigenvalue weighted by Crippen LogP contribution is -2.41. The summed E-state index contributed by atoms with van der Waals surface area (Å²) in [6.07, 6.45) is 2.24. The van der Waals surface area contributed by atoms with E-state index < -0.39 is 22.0 Å². The molecule has 0 aromatic rings. The van der Waals surface area contributed by atoms with Crippen molar-refractivity contribution in [3.8, 4) is 6.07 Å². The lowest BCUT2D eigenvalue weighted by molar-refractivity contribution is -0.140. The summed E-state index contributed by atoms with van der Waals surface area (Å²) in [7, 11) is -3.49. The Bertz CT molecular complexity index is 413. The first-order valence-corrected chi connectivity index (χ1v) is 7.19. The van der Waals surface area contributed by atoms with Gasteiger partial charge in [0.15, 0.2) is 0 Å². The van der Waals surface area contributed by atoms with Crippen LogP contribution >= 0.6 is 0 Å². The zero-order valence-electron chi connectivity index (χ0n) is 9.50. The molecule has 1 atom stereocenters. The van der Waals surface area contributed by atoms with E-state index in [1.54, 1.807) is 0 Å². The van der Waals surface area contributed by atoms with E-state index in [2.05, 4.69) is 0 Å². The summed E-state index contributed by atoms with van der Waals surface area (Å²) in [5, 5.41) is 17.2. The molecule has 6 nitrogen and oxygen atoms in total. The van der Waals surface area contributed by atoms with Crippen LogP contribution in [0.15, 0.2) is 0 Å². The smallest absolute Gasteiger partial charge is 0.322 e. The van der Waals surface area contributed by atoms with Gasteiger partial charge in [0.05, 0.1) is 11.8 Å². The number of sulfonamides is 1. The number of unbranched alkanes of at least 4 members (excludes halogenated alkanes) is 2. The fourth-order valence-electron chi connectivity index (χ4n) is 1.93. The molecule has 0 radical (unpaired) electrons. The van der Waals surface area contributed by atoms with E-state index in [1.165, 1.54) is 0 Å². The van der Waals surface area contributed by atoms with Gasteiger partial charge in [-0.3, -0.25) is 4.79 Å². The summed E-state index contributed by atoms with van der Waals surface area (Å²) in [6.45, 7) is 0.289. The molecule has 0 bridgehead atoms. The van der Waals surface area contributed by atoms with Gasteiger partial charge in [0, 0.05) is 13.0 Å². The van der Waals surface area contributed by atoms with Crippen LogP contribution in [-0.2, 0) is 14.8 Å². The average Bonchev–Trinajstić information content (AvgIpc) is 2.74. The Labute approximate surface area is 101 Å². The van der Waals surface area contributed by atoms with Crippen molar-refractivity contribution >= 4 is 16.0 Å². The molecule has 0 aliphatic carbocycles. The van der Waals surface area contributed by atoms with Crippen LogP contribution < -0.4 is 0 Å². The summed E-state index contributed by atoms with van der Waals surface area (Å²) in [6, 6.07) is 1.04. The van der Waals surface area contributed by atoms with E-state index in [-0.39, 0.29) is 12.3 Å². The Morgan fingerprint density at radius 2 is 2.18 bits per heavy atom. The molecule has 0 unspecified atom stereocenters. The molecule has 1 fully saturated rings. The predicted molar refractivity (Wildman–Crippen MR) is 60.6 cm³/mol. The quantitative estimate of drug-likeness (QED) is 0.703. The highest BCUT2D eigenvalue weighted by atomic mass is 32.2. The van der Waals surface area contributed by atoms with E-state index in [1.807, 2.05) is 6.07 Å². The highest BCUT2D eigenvalue weighted by Crippen LogP contribution is 2.22. The van der Waals surface area contributed by atoms with Crippen LogP contribution in [0.3, 0.4) is 0 Å². The molecule has 7 heteroatoms. The van der Waals surface area contributed by atoms with Gasteiger partial charge >= 0.3 is 5.97 Å². The molecule has 1 rings (SSSR count). The molecular weight excluding hydrogens is 244 g/mol. The molecule has 0 aromatic carbocycles. The summed E-state index contributed by atoms with van der Waals surface area (Å²) < 4.78 is 24.9. The maximum absolute atomic E-state index is 11.9. The second-order valence-electron chi connectivity index (χ2n) is 4.04. The Morgan fingerprint density at radius 3 is 2.76 bits per heavy atom. The zero-order chi connectivity index (χ0) is 12.9. The Morgan fingerprint density at radius 1 is 1.47 bits per heavy atom. The fourth-order valence-corrected chi connectivity index (χ4v) is 3.72. The molecule has 1 aliphatic heterocycles. The van der Waals surface area contributed by atoms with Crippen molar-refractivity contribution in [2.24, 2.45) is 0 Å². The van der Waals surface area contributed by atoms with Crippen LogP contribution in [0.2, 0.25) is 0 Å². The SMILES string of the molecule is N#CCCCCS(=O)(=O)N1CCC[C@H]1C(=O)O. The highest BCUT2D eigenvalue weighted by molar-refractivity contribution is 7.89. The second kappa shape index (κ2) is 5.98. The number of hydrogen-bond acceptors (Lipinski definition) is 4. The Hall–Kier alpha value is -1.13. The first-order valence-electron chi connectivity index (χ1n) is 5.58. The van der Waals surface area contributed by atoms with Gasteiger partial charge in [0.2, 0.25) is 10.0 Å². The summed E-state index contributed by atoms with van der Waals surface area (Å²) in [5.41, 5.74) is 0. The van der Waals surface area contributed by atoms with Gasteiger partial charge in [0.1, 0.15) is 6.04 Å². The topological polar surface area (TPSA) is 98.5 Å². The van der Waals surface area contributed by atoms with Gasteiger partial charge in [-0.15, -0.1) is 0 Å². The van der Waals surface area contributed by atoms with Crippen molar-refractivity contribution in [1.82, 2.24) is 4.31 Å². The summed E-state index contributed by atoms with van der Waals surface area (Å²) in [5.74, 6) is -1.15. The summed E-state index contributed by atoms with van der Waals surface area (Å²) >= 11 is 0. The van der Waals surface area contributed by atoms with Gasteiger partial charge in [0.25, 0.3) is 0 Å². The van der Waals surface area contributed by atoms with Crippen molar-refractivity contribution < 1.29 is 18.3 Å². The molecule has 96 valence electrons. The maximum Gasteiger partial charge on any atom is 0.322 e. The highest BCUT2D eigenvalue weighted by Gasteiger charge is 2.37. The second-order valence-corrected chi connectivity index (χ2v) is 6.08. The number of aliphatic carboxylic acids is 1. The molecule has 1 N–H and O–H groups in total. The number of rotatable bonds is 6. The van der Waals surface area contributed by atoms with Crippen LogP contribution in [-0.4, -0.2) is 42.1 Å². The van der Waals surface area contributed by atoms with Crippen molar-refractivity contribution in [3.05, 3.63) is 0 Å². The van der Waals surface area contributed by atoms with Crippen LogP contribution in [0.1, 0.15) is 32.1 Å². The van der Waals surface area contributed by atoms with Crippen LogP contribution in [0, 0.1) is 11.3 Å². The zero-order valence-corrected chi connectivity index (χ0v) is 10.3. The van der Waals surface area contributed by atoms with Gasteiger partial charge < -0.3 is 5.11 Å². The monoisotopic (exact) mass is 260 g/mol. The first-order chi connectivity index (χ1) is 7.99. The average molecular weight is 260 g/mol. The molecule has 17 heavy (non-hydrogen) atoms. The number of carbonyl (C=O) groups is 1. The molecule has 1 aliphatic rings. The molecule has 1 heterocycles. The first kappa shape index (κ1) is 13.9. The third-order valence-electron chi connectivity index (χ3n) is 2.79. The number of carboxylic acid groups (broad SMARTS) is 1. The number of nitrogens with zero attached hydrogens (tertiary/aromatic N) is 2. The Kier molecular flexibility index (Phi) is 4.90. The van der Waals surface area contributed by atoms with E-state index in [4.69, 9.17) is 10.4 Å². The van der Waals surface area contributed by atoms with Crippen LogP contribution in [0.5, 0.6) is 0 Å². The third kappa shape index (κ3) is 3.68. The fraction of sp³-hybridized carbons (Fsp3) is 0.800. The number of nitriles is 1. The number of hydrogen-bond donors (Lipinski definition) is 1. The minimum absolute atomic E-state index is 0.0710. The minimum Gasteiger partial charge on any atom is -0.480 e. The molecule has 1 saturated heterocycles.